The highest BCUT2D eigenvalue weighted by Crippen LogP contribution is 2.31. The highest BCUT2D eigenvalue weighted by molar-refractivity contribution is 9.10. The van der Waals surface area contributed by atoms with Crippen LogP contribution < -0.4 is 0 Å². The molecule has 2 rings (SSSR count). The van der Waals surface area contributed by atoms with Gasteiger partial charge in [-0.2, -0.15) is 18.3 Å². The minimum Gasteiger partial charge on any atom is -0.337 e. The largest absolute Gasteiger partial charge is 0.435 e. The molecule has 1 amide bonds. The van der Waals surface area contributed by atoms with E-state index in [1.54, 1.807) is 24.3 Å². The van der Waals surface area contributed by atoms with Gasteiger partial charge in [0, 0.05) is 31.3 Å². The molecule has 0 aliphatic carbocycles. The lowest BCUT2D eigenvalue weighted by atomic mass is 10.2. The van der Waals surface area contributed by atoms with Crippen LogP contribution in [0.2, 0.25) is 0 Å². The normalized spacial score (nSPS) is 11.5. The average Bonchev–Trinajstić information content (AvgIpc) is 2.82. The number of carbonyl (C=O) groups excluding carboxylic acids is 1. The molecule has 1 heterocycles. The van der Waals surface area contributed by atoms with Gasteiger partial charge < -0.3 is 4.90 Å². The lowest BCUT2D eigenvalue weighted by molar-refractivity contribution is -0.141. The second-order valence-electron chi connectivity index (χ2n) is 4.85. The molecule has 8 heteroatoms. The molecule has 0 N–H and O–H groups in total. The Morgan fingerprint density at radius 2 is 1.91 bits per heavy atom. The molecular weight excluding hydrogens is 363 g/mol. The third-order valence-corrected chi connectivity index (χ3v) is 3.54. The van der Waals surface area contributed by atoms with E-state index in [-0.39, 0.29) is 6.54 Å². The van der Waals surface area contributed by atoms with E-state index in [9.17, 15) is 18.0 Å². The summed E-state index contributed by atoms with van der Waals surface area (Å²) >= 11 is 3.29. The quantitative estimate of drug-likeness (QED) is 0.823. The monoisotopic (exact) mass is 375 g/mol. The number of benzene rings is 1. The van der Waals surface area contributed by atoms with Gasteiger partial charge in [-0.1, -0.05) is 28.1 Å². The van der Waals surface area contributed by atoms with Crippen LogP contribution in [-0.4, -0.2) is 27.6 Å². The molecule has 0 saturated heterocycles. The van der Waals surface area contributed by atoms with Gasteiger partial charge in [0.25, 0.3) is 5.91 Å². The van der Waals surface area contributed by atoms with Gasteiger partial charge in [0.05, 0.1) is 5.56 Å². The average molecular weight is 376 g/mol. The first-order valence-corrected chi connectivity index (χ1v) is 7.08. The van der Waals surface area contributed by atoms with Crippen molar-refractivity contribution in [3.8, 4) is 0 Å². The summed E-state index contributed by atoms with van der Waals surface area (Å²) in [6, 6.07) is 7.20. The molecule has 0 bridgehead atoms. The molecule has 0 saturated carbocycles. The minimum absolute atomic E-state index is 0.207. The first-order valence-electron chi connectivity index (χ1n) is 6.29. The van der Waals surface area contributed by atoms with Crippen molar-refractivity contribution in [2.24, 2.45) is 7.05 Å². The molecule has 0 aliphatic rings. The third kappa shape index (κ3) is 3.68. The van der Waals surface area contributed by atoms with Crippen molar-refractivity contribution < 1.29 is 18.0 Å². The SMILES string of the molecule is CN(Cc1ccc(Br)cc1)C(=O)c1cn(C)nc1C(F)(F)F. The predicted octanol–water partition coefficient (Wildman–Crippen LogP) is 3.47. The van der Waals surface area contributed by atoms with E-state index < -0.39 is 23.3 Å². The Bertz CT molecular complexity index is 680. The topological polar surface area (TPSA) is 38.1 Å². The summed E-state index contributed by atoms with van der Waals surface area (Å²) in [4.78, 5) is 13.5. The standard InChI is InChI=1S/C14H13BrF3N3O/c1-20(7-9-3-5-10(15)6-4-9)13(22)11-8-21(2)19-12(11)14(16,17)18/h3-6,8H,7H2,1-2H3. The number of carbonyl (C=O) groups is 1. The highest BCUT2D eigenvalue weighted by atomic mass is 79.9. The fourth-order valence-electron chi connectivity index (χ4n) is 2.00. The Morgan fingerprint density at radius 1 is 1.32 bits per heavy atom. The van der Waals surface area contributed by atoms with Crippen LogP contribution in [0, 0.1) is 0 Å². The first-order chi connectivity index (χ1) is 10.2. The maximum atomic E-state index is 12.9. The molecule has 0 atom stereocenters. The summed E-state index contributed by atoms with van der Waals surface area (Å²) < 4.78 is 40.6. The van der Waals surface area contributed by atoms with Crippen LogP contribution >= 0.6 is 15.9 Å². The van der Waals surface area contributed by atoms with E-state index in [1.807, 2.05) is 0 Å². The highest BCUT2D eigenvalue weighted by Gasteiger charge is 2.39. The van der Waals surface area contributed by atoms with Gasteiger partial charge in [-0.05, 0) is 17.7 Å². The number of halogens is 4. The molecule has 1 aromatic heterocycles. The molecule has 1 aromatic carbocycles. The molecule has 2 aromatic rings. The summed E-state index contributed by atoms with van der Waals surface area (Å²) in [7, 11) is 2.80. The summed E-state index contributed by atoms with van der Waals surface area (Å²) in [5.74, 6) is -0.719. The van der Waals surface area contributed by atoms with E-state index in [4.69, 9.17) is 0 Å². The first kappa shape index (κ1) is 16.5. The zero-order valence-corrected chi connectivity index (χ0v) is 13.4. The summed E-state index contributed by atoms with van der Waals surface area (Å²) in [5.41, 5.74) is -0.797. The Morgan fingerprint density at radius 3 is 2.45 bits per heavy atom. The van der Waals surface area contributed by atoms with Crippen LogP contribution in [0.3, 0.4) is 0 Å². The Balaban J connectivity index is 2.22. The Labute approximate surface area is 133 Å². The number of alkyl halides is 3. The number of hydrogen-bond acceptors (Lipinski definition) is 2. The van der Waals surface area contributed by atoms with E-state index in [2.05, 4.69) is 21.0 Å². The lowest BCUT2D eigenvalue weighted by Gasteiger charge is -2.17. The van der Waals surface area contributed by atoms with Crippen LogP contribution in [-0.2, 0) is 19.8 Å². The van der Waals surface area contributed by atoms with Crippen LogP contribution in [0.25, 0.3) is 0 Å². The minimum atomic E-state index is -4.66. The van der Waals surface area contributed by atoms with Crippen LogP contribution in [0.4, 0.5) is 13.2 Å². The lowest BCUT2D eigenvalue weighted by Crippen LogP contribution is -2.28. The molecule has 0 aliphatic heterocycles. The Kier molecular flexibility index (Phi) is 4.60. The van der Waals surface area contributed by atoms with Gasteiger partial charge in [-0.25, -0.2) is 0 Å². The van der Waals surface area contributed by atoms with E-state index >= 15 is 0 Å². The Hall–Kier alpha value is -1.83. The smallest absolute Gasteiger partial charge is 0.337 e. The van der Waals surface area contributed by atoms with Crippen LogP contribution in [0.5, 0.6) is 0 Å². The van der Waals surface area contributed by atoms with Gasteiger partial charge in [0.2, 0.25) is 0 Å². The fraction of sp³-hybridized carbons (Fsp3) is 0.286. The molecular formula is C14H13BrF3N3O. The molecule has 0 radical (unpaired) electrons. The predicted molar refractivity (Wildman–Crippen MR) is 78.1 cm³/mol. The summed E-state index contributed by atoms with van der Waals surface area (Å²) in [6.07, 6.45) is -3.58. The van der Waals surface area contributed by atoms with Crippen molar-refractivity contribution >= 4 is 21.8 Å². The zero-order chi connectivity index (χ0) is 16.5. The van der Waals surface area contributed by atoms with Crippen molar-refractivity contribution in [2.45, 2.75) is 12.7 Å². The summed E-state index contributed by atoms with van der Waals surface area (Å²) in [6.45, 7) is 0.207. The molecule has 0 spiro atoms. The van der Waals surface area contributed by atoms with Gasteiger partial charge in [-0.3, -0.25) is 9.48 Å². The van der Waals surface area contributed by atoms with Crippen molar-refractivity contribution in [1.29, 1.82) is 0 Å². The number of rotatable bonds is 3. The van der Waals surface area contributed by atoms with Gasteiger partial charge in [0.15, 0.2) is 5.69 Å². The maximum Gasteiger partial charge on any atom is 0.435 e. The number of nitrogens with zero attached hydrogens (tertiary/aromatic N) is 3. The second-order valence-corrected chi connectivity index (χ2v) is 5.77. The molecule has 118 valence electrons. The van der Waals surface area contributed by atoms with Crippen molar-refractivity contribution in [3.63, 3.8) is 0 Å². The van der Waals surface area contributed by atoms with Gasteiger partial charge >= 0.3 is 6.18 Å². The molecule has 4 nitrogen and oxygen atoms in total. The number of amides is 1. The number of aromatic nitrogens is 2. The molecule has 22 heavy (non-hydrogen) atoms. The second kappa shape index (κ2) is 6.12. The fourth-order valence-corrected chi connectivity index (χ4v) is 2.26. The van der Waals surface area contributed by atoms with Crippen molar-refractivity contribution in [3.05, 3.63) is 51.8 Å². The molecule has 0 fully saturated rings. The maximum absolute atomic E-state index is 12.9. The summed E-state index contributed by atoms with van der Waals surface area (Å²) in [5, 5.41) is 3.34. The van der Waals surface area contributed by atoms with E-state index in [0.717, 1.165) is 20.9 Å². The van der Waals surface area contributed by atoms with Gasteiger partial charge in [0.1, 0.15) is 0 Å². The molecule has 0 unspecified atom stereocenters. The van der Waals surface area contributed by atoms with E-state index in [1.165, 1.54) is 19.0 Å². The number of hydrogen-bond donors (Lipinski definition) is 0. The van der Waals surface area contributed by atoms with Crippen molar-refractivity contribution in [2.75, 3.05) is 7.05 Å². The van der Waals surface area contributed by atoms with Crippen LogP contribution in [0.15, 0.2) is 34.9 Å². The van der Waals surface area contributed by atoms with E-state index in [0.29, 0.717) is 0 Å². The van der Waals surface area contributed by atoms with Crippen LogP contribution in [0.1, 0.15) is 21.6 Å². The van der Waals surface area contributed by atoms with Crippen molar-refractivity contribution in [1.82, 2.24) is 14.7 Å². The third-order valence-electron chi connectivity index (χ3n) is 3.01. The number of aryl methyl sites for hydroxylation is 1. The van der Waals surface area contributed by atoms with Gasteiger partial charge in [-0.15, -0.1) is 0 Å². The zero-order valence-electron chi connectivity index (χ0n) is 11.9.